The summed E-state index contributed by atoms with van der Waals surface area (Å²) in [7, 11) is 1.56. The zero-order valence-electron chi connectivity index (χ0n) is 14.9. The van der Waals surface area contributed by atoms with Crippen LogP contribution in [0.4, 0.5) is 0 Å². The van der Waals surface area contributed by atoms with E-state index in [9.17, 15) is 9.59 Å². The summed E-state index contributed by atoms with van der Waals surface area (Å²) in [5.74, 6) is 0.168. The first-order valence-electron chi connectivity index (χ1n) is 8.31. The molecule has 0 spiro atoms. The van der Waals surface area contributed by atoms with Crippen molar-refractivity contribution in [3.63, 3.8) is 0 Å². The van der Waals surface area contributed by atoms with Crippen LogP contribution in [-0.2, 0) is 17.0 Å². The second kappa shape index (κ2) is 9.82. The Balaban J connectivity index is 2.11. The van der Waals surface area contributed by atoms with Crippen LogP contribution >= 0.6 is 11.8 Å². The molecule has 2 aromatic carbocycles. The summed E-state index contributed by atoms with van der Waals surface area (Å²) in [6.45, 7) is 2.10. The fourth-order valence-corrected chi connectivity index (χ4v) is 3.15. The second-order valence-electron chi connectivity index (χ2n) is 5.71. The Kier molecular flexibility index (Phi) is 7.48. The number of carboxylic acids is 1. The molecule has 0 amide bonds. The molecule has 0 bridgehead atoms. The van der Waals surface area contributed by atoms with Gasteiger partial charge in [-0.2, -0.15) is 0 Å². The number of hydrogen-bond donors (Lipinski definition) is 1. The summed E-state index contributed by atoms with van der Waals surface area (Å²) in [4.78, 5) is 23.1. The lowest BCUT2D eigenvalue weighted by molar-refractivity contribution is -0.133. The maximum atomic E-state index is 12.4. The van der Waals surface area contributed by atoms with E-state index in [1.165, 1.54) is 17.3 Å². The maximum Gasteiger partial charge on any atom is 0.313 e. The largest absolute Gasteiger partial charge is 0.496 e. The van der Waals surface area contributed by atoms with E-state index in [1.54, 1.807) is 37.5 Å². The van der Waals surface area contributed by atoms with Crippen molar-refractivity contribution < 1.29 is 19.4 Å². The molecule has 2 rings (SSSR count). The smallest absolute Gasteiger partial charge is 0.313 e. The predicted octanol–water partition coefficient (Wildman–Crippen LogP) is 4.47. The van der Waals surface area contributed by atoms with Gasteiger partial charge in [0.2, 0.25) is 0 Å². The molecular formula is C21H22O4S. The third-order valence-corrected chi connectivity index (χ3v) is 4.83. The van der Waals surface area contributed by atoms with Gasteiger partial charge in [0.25, 0.3) is 0 Å². The van der Waals surface area contributed by atoms with Crippen molar-refractivity contribution in [2.24, 2.45) is 0 Å². The van der Waals surface area contributed by atoms with Crippen molar-refractivity contribution >= 4 is 29.6 Å². The molecule has 0 radical (unpaired) electrons. The minimum absolute atomic E-state index is 0.00892. The molecule has 0 saturated carbocycles. The van der Waals surface area contributed by atoms with Crippen LogP contribution in [0.15, 0.2) is 48.5 Å². The Bertz CT molecular complexity index is 794. The van der Waals surface area contributed by atoms with E-state index in [0.717, 1.165) is 17.5 Å². The minimum Gasteiger partial charge on any atom is -0.496 e. The summed E-state index contributed by atoms with van der Waals surface area (Å²) in [5, 5.41) is 8.76. The zero-order valence-corrected chi connectivity index (χ0v) is 15.7. The average Bonchev–Trinajstić information content (AvgIpc) is 2.66. The lowest BCUT2D eigenvalue weighted by Gasteiger charge is -2.09. The number of rotatable bonds is 9. The van der Waals surface area contributed by atoms with E-state index in [4.69, 9.17) is 9.84 Å². The first-order valence-corrected chi connectivity index (χ1v) is 9.46. The van der Waals surface area contributed by atoms with E-state index in [-0.39, 0.29) is 11.5 Å². The van der Waals surface area contributed by atoms with Crippen LogP contribution in [0.1, 0.15) is 34.0 Å². The number of ketones is 1. The van der Waals surface area contributed by atoms with E-state index in [0.29, 0.717) is 17.1 Å². The number of carbonyl (C=O) groups excluding carboxylic acids is 1. The van der Waals surface area contributed by atoms with E-state index >= 15 is 0 Å². The van der Waals surface area contributed by atoms with Gasteiger partial charge in [-0.05, 0) is 41.8 Å². The lowest BCUT2D eigenvalue weighted by Crippen LogP contribution is -2.01. The van der Waals surface area contributed by atoms with Crippen molar-refractivity contribution in [1.82, 2.24) is 0 Å². The van der Waals surface area contributed by atoms with Crippen LogP contribution in [0, 0.1) is 0 Å². The molecule has 0 aliphatic heterocycles. The highest BCUT2D eigenvalue weighted by Crippen LogP contribution is 2.25. The summed E-state index contributed by atoms with van der Waals surface area (Å²) in [5.41, 5.74) is 3.59. The number of aryl methyl sites for hydroxylation is 1. The van der Waals surface area contributed by atoms with Crippen LogP contribution in [0.3, 0.4) is 0 Å². The fraction of sp³-hybridized carbons (Fsp3) is 0.238. The van der Waals surface area contributed by atoms with Gasteiger partial charge in [0, 0.05) is 16.9 Å². The summed E-state index contributed by atoms with van der Waals surface area (Å²) in [6.07, 6.45) is 4.33. The molecule has 0 unspecified atom stereocenters. The van der Waals surface area contributed by atoms with Crippen molar-refractivity contribution in [3.8, 4) is 5.75 Å². The molecule has 0 heterocycles. The first kappa shape index (κ1) is 19.8. The average molecular weight is 370 g/mol. The topological polar surface area (TPSA) is 63.6 Å². The predicted molar refractivity (Wildman–Crippen MR) is 106 cm³/mol. The van der Waals surface area contributed by atoms with Gasteiger partial charge >= 0.3 is 5.97 Å². The van der Waals surface area contributed by atoms with Gasteiger partial charge in [0.05, 0.1) is 12.9 Å². The molecule has 136 valence electrons. The van der Waals surface area contributed by atoms with Gasteiger partial charge in [-0.25, -0.2) is 0 Å². The first-order chi connectivity index (χ1) is 12.5. The number of hydrogen-bond acceptors (Lipinski definition) is 4. The highest BCUT2D eigenvalue weighted by molar-refractivity contribution is 7.99. The summed E-state index contributed by atoms with van der Waals surface area (Å²) < 4.78 is 5.30. The maximum absolute atomic E-state index is 12.4. The molecule has 1 N–H and O–H groups in total. The lowest BCUT2D eigenvalue weighted by atomic mass is 10.0. The van der Waals surface area contributed by atoms with Gasteiger partial charge < -0.3 is 9.84 Å². The molecule has 4 nitrogen and oxygen atoms in total. The monoisotopic (exact) mass is 370 g/mol. The summed E-state index contributed by atoms with van der Waals surface area (Å²) in [6, 6.07) is 13.3. The van der Waals surface area contributed by atoms with Crippen molar-refractivity contribution in [1.29, 1.82) is 0 Å². The van der Waals surface area contributed by atoms with Gasteiger partial charge in [0.1, 0.15) is 5.75 Å². The molecule has 0 saturated heterocycles. The molecule has 0 aliphatic carbocycles. The standard InChI is InChI=1S/C21H22O4S/c1-3-15-4-6-16(7-5-15)8-10-19(22)17-9-11-20(25-2)18(12-17)13-26-14-21(23)24/h4-12H,3,13-14H2,1-2H3,(H,23,24). The second-order valence-corrected chi connectivity index (χ2v) is 6.69. The number of ether oxygens (including phenoxy) is 1. The van der Waals surface area contributed by atoms with Gasteiger partial charge in [-0.3, -0.25) is 9.59 Å². The van der Waals surface area contributed by atoms with Crippen LogP contribution in [0.2, 0.25) is 0 Å². The SMILES string of the molecule is CCc1ccc(C=CC(=O)c2ccc(OC)c(CSCC(=O)O)c2)cc1. The Morgan fingerprint density at radius 3 is 2.50 bits per heavy atom. The Labute approximate surface area is 157 Å². The highest BCUT2D eigenvalue weighted by atomic mass is 32.2. The molecule has 26 heavy (non-hydrogen) atoms. The molecule has 0 aromatic heterocycles. The summed E-state index contributed by atoms with van der Waals surface area (Å²) >= 11 is 1.27. The number of allylic oxidation sites excluding steroid dienone is 1. The molecular weight excluding hydrogens is 348 g/mol. The minimum atomic E-state index is -0.863. The van der Waals surface area contributed by atoms with Gasteiger partial charge in [-0.15, -0.1) is 11.8 Å². The Morgan fingerprint density at radius 2 is 1.88 bits per heavy atom. The molecule has 0 atom stereocenters. The molecule has 0 fully saturated rings. The highest BCUT2D eigenvalue weighted by Gasteiger charge is 2.09. The van der Waals surface area contributed by atoms with E-state index < -0.39 is 5.97 Å². The van der Waals surface area contributed by atoms with Crippen LogP contribution in [0.5, 0.6) is 5.75 Å². The number of aliphatic carboxylic acids is 1. The van der Waals surface area contributed by atoms with Crippen molar-refractivity contribution in [2.75, 3.05) is 12.9 Å². The van der Waals surface area contributed by atoms with Crippen LogP contribution in [0.25, 0.3) is 6.08 Å². The third-order valence-electron chi connectivity index (χ3n) is 3.86. The van der Waals surface area contributed by atoms with E-state index in [1.807, 2.05) is 12.1 Å². The van der Waals surface area contributed by atoms with Gasteiger partial charge in [-0.1, -0.05) is 37.3 Å². The Morgan fingerprint density at radius 1 is 1.15 bits per heavy atom. The van der Waals surface area contributed by atoms with Crippen molar-refractivity contribution in [3.05, 3.63) is 70.8 Å². The van der Waals surface area contributed by atoms with Crippen molar-refractivity contribution in [2.45, 2.75) is 19.1 Å². The number of carboxylic acid groups (broad SMARTS) is 1. The number of benzene rings is 2. The van der Waals surface area contributed by atoms with Crippen LogP contribution in [-0.4, -0.2) is 29.7 Å². The zero-order chi connectivity index (χ0) is 18.9. The molecule has 5 heteroatoms. The van der Waals surface area contributed by atoms with Gasteiger partial charge in [0.15, 0.2) is 5.78 Å². The molecule has 0 aliphatic rings. The quantitative estimate of drug-likeness (QED) is 0.521. The Hall–Kier alpha value is -2.53. The third kappa shape index (κ3) is 5.77. The van der Waals surface area contributed by atoms with E-state index in [2.05, 4.69) is 19.1 Å². The number of methoxy groups -OCH3 is 1. The molecule has 2 aromatic rings. The van der Waals surface area contributed by atoms with Crippen LogP contribution < -0.4 is 4.74 Å². The normalized spacial score (nSPS) is 10.8. The fourth-order valence-electron chi connectivity index (χ4n) is 2.43. The number of carbonyl (C=O) groups is 2. The number of thioether (sulfide) groups is 1.